The zero-order valence-electron chi connectivity index (χ0n) is 12.0. The quantitative estimate of drug-likeness (QED) is 0.694. The van der Waals surface area contributed by atoms with Crippen LogP contribution in [0.25, 0.3) is 10.8 Å². The number of amides is 1. The molecule has 3 aromatic carbocycles. The van der Waals surface area contributed by atoms with Crippen molar-refractivity contribution < 1.29 is 4.79 Å². The molecule has 2 nitrogen and oxygen atoms in total. The average molecular weight is 275 g/mol. The molecule has 0 bridgehead atoms. The molecule has 0 radical (unpaired) electrons. The van der Waals surface area contributed by atoms with Crippen LogP contribution in [0.4, 0.5) is 5.69 Å². The number of anilines is 1. The van der Waals surface area contributed by atoms with E-state index in [0.29, 0.717) is 6.54 Å². The third kappa shape index (κ3) is 2.95. The lowest BCUT2D eigenvalue weighted by Crippen LogP contribution is -2.27. The molecule has 21 heavy (non-hydrogen) atoms. The molecule has 3 aromatic rings. The largest absolute Gasteiger partial charge is 0.308 e. The molecule has 0 aromatic heterocycles. The van der Waals surface area contributed by atoms with Crippen molar-refractivity contribution >= 4 is 22.4 Å². The Labute approximate surface area is 124 Å². The Morgan fingerprint density at radius 3 is 2.24 bits per heavy atom. The third-order valence-corrected chi connectivity index (χ3v) is 3.60. The third-order valence-electron chi connectivity index (χ3n) is 3.60. The highest BCUT2D eigenvalue weighted by Gasteiger charge is 2.11. The Morgan fingerprint density at radius 1 is 0.857 bits per heavy atom. The first-order chi connectivity index (χ1) is 10.2. The van der Waals surface area contributed by atoms with Gasteiger partial charge in [0.1, 0.15) is 0 Å². The Kier molecular flexibility index (Phi) is 3.69. The highest BCUT2D eigenvalue weighted by atomic mass is 16.2. The van der Waals surface area contributed by atoms with Crippen LogP contribution in [0.1, 0.15) is 12.5 Å². The summed E-state index contributed by atoms with van der Waals surface area (Å²) in [5.74, 6) is 0.0503. The predicted octanol–water partition coefficient (Wildman–Crippen LogP) is 4.39. The van der Waals surface area contributed by atoms with Gasteiger partial charge in [-0.25, -0.2) is 0 Å². The zero-order valence-corrected chi connectivity index (χ0v) is 12.0. The van der Waals surface area contributed by atoms with E-state index >= 15 is 0 Å². The molecule has 2 heteroatoms. The van der Waals surface area contributed by atoms with Gasteiger partial charge in [-0.2, -0.15) is 0 Å². The first-order valence-electron chi connectivity index (χ1n) is 7.05. The van der Waals surface area contributed by atoms with Crippen LogP contribution in [0.2, 0.25) is 0 Å². The van der Waals surface area contributed by atoms with Crippen LogP contribution < -0.4 is 4.90 Å². The highest BCUT2D eigenvalue weighted by Crippen LogP contribution is 2.20. The molecular formula is C19H17NO. The van der Waals surface area contributed by atoms with E-state index in [1.807, 2.05) is 42.5 Å². The van der Waals surface area contributed by atoms with Crippen molar-refractivity contribution in [2.45, 2.75) is 13.5 Å². The van der Waals surface area contributed by atoms with Crippen molar-refractivity contribution in [2.75, 3.05) is 4.90 Å². The lowest BCUT2D eigenvalue weighted by Gasteiger charge is -2.21. The van der Waals surface area contributed by atoms with E-state index < -0.39 is 0 Å². The molecule has 0 atom stereocenters. The van der Waals surface area contributed by atoms with Gasteiger partial charge in [0.15, 0.2) is 0 Å². The lowest BCUT2D eigenvalue weighted by atomic mass is 10.1. The highest BCUT2D eigenvalue weighted by molar-refractivity contribution is 5.91. The minimum atomic E-state index is 0.0503. The molecule has 0 N–H and O–H groups in total. The minimum absolute atomic E-state index is 0.0503. The normalized spacial score (nSPS) is 10.5. The number of hydrogen-bond donors (Lipinski definition) is 0. The van der Waals surface area contributed by atoms with Gasteiger partial charge < -0.3 is 4.90 Å². The van der Waals surface area contributed by atoms with Gasteiger partial charge >= 0.3 is 0 Å². The molecule has 3 rings (SSSR count). The minimum Gasteiger partial charge on any atom is -0.308 e. The van der Waals surface area contributed by atoms with Gasteiger partial charge in [0.2, 0.25) is 5.91 Å². The molecular weight excluding hydrogens is 258 g/mol. The van der Waals surface area contributed by atoms with Crippen LogP contribution in [-0.2, 0) is 11.3 Å². The summed E-state index contributed by atoms with van der Waals surface area (Å²) in [5.41, 5.74) is 2.06. The van der Waals surface area contributed by atoms with Gasteiger partial charge in [-0.05, 0) is 34.5 Å². The molecule has 0 aliphatic carbocycles. The number of fused-ring (bicyclic) bond motifs is 1. The Morgan fingerprint density at radius 2 is 1.52 bits per heavy atom. The number of benzene rings is 3. The molecule has 104 valence electrons. The first kappa shape index (κ1) is 13.4. The Balaban J connectivity index is 1.93. The number of nitrogens with zero attached hydrogens (tertiary/aromatic N) is 1. The summed E-state index contributed by atoms with van der Waals surface area (Å²) in [6.07, 6.45) is 0. The lowest BCUT2D eigenvalue weighted by molar-refractivity contribution is -0.116. The molecule has 0 fully saturated rings. The van der Waals surface area contributed by atoms with Crippen molar-refractivity contribution in [1.29, 1.82) is 0 Å². The SMILES string of the molecule is CC(=O)N(Cc1ccc2ccccc2c1)c1ccccc1. The van der Waals surface area contributed by atoms with Gasteiger partial charge in [0.25, 0.3) is 0 Å². The molecule has 0 saturated carbocycles. The summed E-state index contributed by atoms with van der Waals surface area (Å²) in [5, 5.41) is 2.42. The standard InChI is InChI=1S/C19H17NO/c1-15(21)20(19-9-3-2-4-10-19)14-16-11-12-17-7-5-6-8-18(17)13-16/h2-13H,14H2,1H3. The maximum Gasteiger partial charge on any atom is 0.224 e. The van der Waals surface area contributed by atoms with Crippen molar-refractivity contribution in [3.63, 3.8) is 0 Å². The van der Waals surface area contributed by atoms with E-state index in [2.05, 4.69) is 30.3 Å². The number of para-hydroxylation sites is 1. The zero-order chi connectivity index (χ0) is 14.7. The van der Waals surface area contributed by atoms with Crippen LogP contribution in [0, 0.1) is 0 Å². The predicted molar refractivity (Wildman–Crippen MR) is 87.3 cm³/mol. The van der Waals surface area contributed by atoms with Gasteiger partial charge in [-0.3, -0.25) is 4.79 Å². The van der Waals surface area contributed by atoms with Gasteiger partial charge in [0.05, 0.1) is 6.54 Å². The molecule has 0 saturated heterocycles. The molecule has 0 heterocycles. The molecule has 1 amide bonds. The summed E-state index contributed by atoms with van der Waals surface area (Å²) < 4.78 is 0. The van der Waals surface area contributed by atoms with Crippen molar-refractivity contribution in [2.24, 2.45) is 0 Å². The van der Waals surface area contributed by atoms with E-state index in [1.165, 1.54) is 10.8 Å². The smallest absolute Gasteiger partial charge is 0.224 e. The first-order valence-corrected chi connectivity index (χ1v) is 7.05. The van der Waals surface area contributed by atoms with Crippen LogP contribution in [-0.4, -0.2) is 5.91 Å². The fourth-order valence-electron chi connectivity index (χ4n) is 2.51. The average Bonchev–Trinajstić information content (AvgIpc) is 2.53. The van der Waals surface area contributed by atoms with E-state index in [9.17, 15) is 4.79 Å². The van der Waals surface area contributed by atoms with Crippen molar-refractivity contribution in [1.82, 2.24) is 0 Å². The molecule has 0 aliphatic rings. The number of carbonyl (C=O) groups excluding carboxylic acids is 1. The summed E-state index contributed by atoms with van der Waals surface area (Å²) in [6, 6.07) is 24.4. The van der Waals surface area contributed by atoms with Gasteiger partial charge in [-0.15, -0.1) is 0 Å². The second-order valence-corrected chi connectivity index (χ2v) is 5.12. The summed E-state index contributed by atoms with van der Waals surface area (Å²) in [7, 11) is 0. The topological polar surface area (TPSA) is 20.3 Å². The fraction of sp³-hybridized carbons (Fsp3) is 0.105. The molecule has 0 spiro atoms. The van der Waals surface area contributed by atoms with Crippen molar-refractivity contribution in [3.05, 3.63) is 78.4 Å². The monoisotopic (exact) mass is 275 g/mol. The van der Waals surface area contributed by atoms with E-state index in [1.54, 1.807) is 11.8 Å². The summed E-state index contributed by atoms with van der Waals surface area (Å²) in [6.45, 7) is 2.19. The van der Waals surface area contributed by atoms with Crippen LogP contribution in [0.5, 0.6) is 0 Å². The van der Waals surface area contributed by atoms with E-state index in [-0.39, 0.29) is 5.91 Å². The van der Waals surface area contributed by atoms with Crippen LogP contribution in [0.15, 0.2) is 72.8 Å². The Hall–Kier alpha value is -2.61. The number of carbonyl (C=O) groups is 1. The fourth-order valence-corrected chi connectivity index (χ4v) is 2.51. The van der Waals surface area contributed by atoms with Gasteiger partial charge in [0, 0.05) is 12.6 Å². The number of hydrogen-bond acceptors (Lipinski definition) is 1. The molecule has 0 unspecified atom stereocenters. The second kappa shape index (κ2) is 5.80. The van der Waals surface area contributed by atoms with Crippen LogP contribution >= 0.6 is 0 Å². The maximum absolute atomic E-state index is 11.9. The summed E-state index contributed by atoms with van der Waals surface area (Å²) >= 11 is 0. The van der Waals surface area contributed by atoms with E-state index in [0.717, 1.165) is 11.3 Å². The van der Waals surface area contributed by atoms with Gasteiger partial charge in [-0.1, -0.05) is 54.6 Å². The van der Waals surface area contributed by atoms with Crippen LogP contribution in [0.3, 0.4) is 0 Å². The molecule has 0 aliphatic heterocycles. The maximum atomic E-state index is 11.9. The van der Waals surface area contributed by atoms with Crippen molar-refractivity contribution in [3.8, 4) is 0 Å². The van der Waals surface area contributed by atoms with E-state index in [4.69, 9.17) is 0 Å². The summed E-state index contributed by atoms with van der Waals surface area (Å²) in [4.78, 5) is 13.7. The number of rotatable bonds is 3. The Bertz CT molecular complexity index is 765. The second-order valence-electron chi connectivity index (χ2n) is 5.12.